The lowest BCUT2D eigenvalue weighted by atomic mass is 10.1. The van der Waals surface area contributed by atoms with Crippen molar-refractivity contribution in [2.24, 2.45) is 0 Å². The summed E-state index contributed by atoms with van der Waals surface area (Å²) in [6.07, 6.45) is 0.118. The highest BCUT2D eigenvalue weighted by Gasteiger charge is 2.14. The highest BCUT2D eigenvalue weighted by atomic mass is 16.5. The summed E-state index contributed by atoms with van der Waals surface area (Å²) in [6.45, 7) is 0.480. The first kappa shape index (κ1) is 8.53. The first-order chi connectivity index (χ1) is 6.31. The smallest absolute Gasteiger partial charge is 0.122 e. The van der Waals surface area contributed by atoms with Gasteiger partial charge in [-0.05, 0) is 23.3 Å². The standard InChI is InChI=1S/C10H12O3/c11-6-9(12)7-1-2-10-8(5-7)3-4-13-10/h1-2,5,9,11-12H,3-4,6H2/t9-/m0/s1. The van der Waals surface area contributed by atoms with E-state index in [1.807, 2.05) is 12.1 Å². The average molecular weight is 180 g/mol. The van der Waals surface area contributed by atoms with E-state index < -0.39 is 6.10 Å². The monoisotopic (exact) mass is 180 g/mol. The molecule has 0 aromatic heterocycles. The molecule has 1 heterocycles. The molecule has 70 valence electrons. The fourth-order valence-corrected chi connectivity index (χ4v) is 1.52. The summed E-state index contributed by atoms with van der Waals surface area (Å²) in [5.41, 5.74) is 1.87. The maximum atomic E-state index is 9.37. The molecule has 0 radical (unpaired) electrons. The number of hydrogen-bond acceptors (Lipinski definition) is 3. The molecule has 1 aliphatic rings. The zero-order valence-corrected chi connectivity index (χ0v) is 7.23. The third-order valence-electron chi connectivity index (χ3n) is 2.27. The van der Waals surface area contributed by atoms with Crippen LogP contribution in [0, 0.1) is 0 Å². The lowest BCUT2D eigenvalue weighted by Crippen LogP contribution is -2.02. The van der Waals surface area contributed by atoms with Crippen LogP contribution in [0.2, 0.25) is 0 Å². The molecule has 0 fully saturated rings. The van der Waals surface area contributed by atoms with Gasteiger partial charge in [0.15, 0.2) is 0 Å². The molecule has 0 amide bonds. The quantitative estimate of drug-likeness (QED) is 0.702. The van der Waals surface area contributed by atoms with Crippen molar-refractivity contribution in [3.05, 3.63) is 29.3 Å². The Bertz CT molecular complexity index is 309. The minimum atomic E-state index is -0.772. The molecule has 0 spiro atoms. The van der Waals surface area contributed by atoms with Crippen LogP contribution in [0.3, 0.4) is 0 Å². The van der Waals surface area contributed by atoms with Crippen molar-refractivity contribution in [3.63, 3.8) is 0 Å². The first-order valence-electron chi connectivity index (χ1n) is 4.36. The van der Waals surface area contributed by atoms with Crippen LogP contribution in [0.1, 0.15) is 17.2 Å². The van der Waals surface area contributed by atoms with Gasteiger partial charge in [-0.25, -0.2) is 0 Å². The number of hydrogen-bond donors (Lipinski definition) is 2. The summed E-state index contributed by atoms with van der Waals surface area (Å²) in [7, 11) is 0. The van der Waals surface area contributed by atoms with Crippen LogP contribution in [0.15, 0.2) is 18.2 Å². The lowest BCUT2D eigenvalue weighted by molar-refractivity contribution is 0.0955. The van der Waals surface area contributed by atoms with Gasteiger partial charge in [-0.2, -0.15) is 0 Å². The second-order valence-corrected chi connectivity index (χ2v) is 3.16. The van der Waals surface area contributed by atoms with Crippen LogP contribution >= 0.6 is 0 Å². The van der Waals surface area contributed by atoms with Crippen molar-refractivity contribution >= 4 is 0 Å². The molecule has 1 aromatic rings. The van der Waals surface area contributed by atoms with Gasteiger partial charge in [0, 0.05) is 6.42 Å². The Morgan fingerprint density at radius 3 is 3.08 bits per heavy atom. The average Bonchev–Trinajstić information content (AvgIpc) is 2.63. The summed E-state index contributed by atoms with van der Waals surface area (Å²) < 4.78 is 5.32. The van der Waals surface area contributed by atoms with Gasteiger partial charge in [0.1, 0.15) is 11.9 Å². The van der Waals surface area contributed by atoms with Crippen molar-refractivity contribution in [1.29, 1.82) is 0 Å². The van der Waals surface area contributed by atoms with Gasteiger partial charge in [-0.1, -0.05) is 6.07 Å². The van der Waals surface area contributed by atoms with Crippen LogP contribution in [0.5, 0.6) is 5.75 Å². The van der Waals surface area contributed by atoms with Gasteiger partial charge in [0.2, 0.25) is 0 Å². The molecule has 1 aliphatic heterocycles. The molecule has 0 saturated carbocycles. The first-order valence-corrected chi connectivity index (χ1v) is 4.36. The van der Waals surface area contributed by atoms with Crippen LogP contribution in [-0.4, -0.2) is 23.4 Å². The Morgan fingerprint density at radius 1 is 1.46 bits per heavy atom. The Morgan fingerprint density at radius 2 is 2.31 bits per heavy atom. The highest BCUT2D eigenvalue weighted by Crippen LogP contribution is 2.27. The molecule has 3 heteroatoms. The Balaban J connectivity index is 2.30. The molecule has 13 heavy (non-hydrogen) atoms. The van der Waals surface area contributed by atoms with Crippen LogP contribution in [0.25, 0.3) is 0 Å². The van der Waals surface area contributed by atoms with E-state index in [0.29, 0.717) is 6.61 Å². The van der Waals surface area contributed by atoms with Crippen molar-refractivity contribution < 1.29 is 14.9 Å². The maximum Gasteiger partial charge on any atom is 0.122 e. The summed E-state index contributed by atoms with van der Waals surface area (Å²) in [5, 5.41) is 18.1. The summed E-state index contributed by atoms with van der Waals surface area (Å²) in [6, 6.07) is 5.52. The molecule has 0 saturated heterocycles. The molecule has 0 bridgehead atoms. The molecule has 1 aromatic carbocycles. The fraction of sp³-hybridized carbons (Fsp3) is 0.400. The largest absolute Gasteiger partial charge is 0.493 e. The predicted molar refractivity (Wildman–Crippen MR) is 47.7 cm³/mol. The summed E-state index contributed by atoms with van der Waals surface area (Å²) >= 11 is 0. The molecule has 0 unspecified atom stereocenters. The van der Waals surface area contributed by atoms with E-state index >= 15 is 0 Å². The van der Waals surface area contributed by atoms with Gasteiger partial charge < -0.3 is 14.9 Å². The number of rotatable bonds is 2. The third-order valence-corrected chi connectivity index (χ3v) is 2.27. The molecule has 0 aliphatic carbocycles. The van der Waals surface area contributed by atoms with Crippen molar-refractivity contribution in [1.82, 2.24) is 0 Å². The van der Waals surface area contributed by atoms with Gasteiger partial charge >= 0.3 is 0 Å². The number of ether oxygens (including phenoxy) is 1. The van der Waals surface area contributed by atoms with Crippen molar-refractivity contribution in [2.45, 2.75) is 12.5 Å². The van der Waals surface area contributed by atoms with E-state index in [-0.39, 0.29) is 6.61 Å². The topological polar surface area (TPSA) is 49.7 Å². The summed E-state index contributed by atoms with van der Waals surface area (Å²) in [5.74, 6) is 0.897. The Kier molecular flexibility index (Phi) is 2.20. The van der Waals surface area contributed by atoms with Gasteiger partial charge in [0.25, 0.3) is 0 Å². The van der Waals surface area contributed by atoms with Crippen LogP contribution < -0.4 is 4.74 Å². The minimum Gasteiger partial charge on any atom is -0.493 e. The Labute approximate surface area is 76.6 Å². The van der Waals surface area contributed by atoms with E-state index in [0.717, 1.165) is 23.3 Å². The number of aliphatic hydroxyl groups excluding tert-OH is 2. The lowest BCUT2D eigenvalue weighted by Gasteiger charge is -2.08. The van der Waals surface area contributed by atoms with Gasteiger partial charge in [-0.15, -0.1) is 0 Å². The highest BCUT2D eigenvalue weighted by molar-refractivity contribution is 5.40. The molecule has 1 atom stereocenters. The minimum absolute atomic E-state index is 0.236. The normalized spacial score (nSPS) is 16.5. The van der Waals surface area contributed by atoms with Crippen molar-refractivity contribution in [3.8, 4) is 5.75 Å². The fourth-order valence-electron chi connectivity index (χ4n) is 1.52. The van der Waals surface area contributed by atoms with Crippen LogP contribution in [-0.2, 0) is 6.42 Å². The molecule has 2 N–H and O–H groups in total. The SMILES string of the molecule is OC[C@H](O)c1ccc2c(c1)CCO2. The third kappa shape index (κ3) is 1.53. The van der Waals surface area contributed by atoms with E-state index in [1.54, 1.807) is 6.07 Å². The molecule has 3 nitrogen and oxygen atoms in total. The zero-order chi connectivity index (χ0) is 9.26. The van der Waals surface area contributed by atoms with E-state index in [1.165, 1.54) is 0 Å². The van der Waals surface area contributed by atoms with Gasteiger partial charge in [0.05, 0.1) is 13.2 Å². The zero-order valence-electron chi connectivity index (χ0n) is 7.23. The molecular weight excluding hydrogens is 168 g/mol. The van der Waals surface area contributed by atoms with E-state index in [9.17, 15) is 5.11 Å². The number of benzene rings is 1. The predicted octanol–water partition coefficient (Wildman–Crippen LogP) is 0.647. The second kappa shape index (κ2) is 3.36. The van der Waals surface area contributed by atoms with E-state index in [2.05, 4.69) is 0 Å². The summed E-state index contributed by atoms with van der Waals surface area (Å²) in [4.78, 5) is 0. The maximum absolute atomic E-state index is 9.37. The van der Waals surface area contributed by atoms with Crippen molar-refractivity contribution in [2.75, 3.05) is 13.2 Å². The second-order valence-electron chi connectivity index (χ2n) is 3.16. The number of aliphatic hydroxyl groups is 2. The molecule has 2 rings (SSSR count). The molecular formula is C10H12O3. The Hall–Kier alpha value is -1.06. The van der Waals surface area contributed by atoms with Crippen LogP contribution in [0.4, 0.5) is 0 Å². The number of fused-ring (bicyclic) bond motifs is 1. The van der Waals surface area contributed by atoms with Gasteiger partial charge in [-0.3, -0.25) is 0 Å². The van der Waals surface area contributed by atoms with E-state index in [4.69, 9.17) is 9.84 Å².